The molecule has 0 bridgehead atoms. The first-order valence-corrected chi connectivity index (χ1v) is 9.70. The van der Waals surface area contributed by atoms with E-state index >= 15 is 0 Å². The summed E-state index contributed by atoms with van der Waals surface area (Å²) in [5, 5.41) is 3.11. The lowest BCUT2D eigenvalue weighted by atomic mass is 10.1. The molecule has 2 nitrogen and oxygen atoms in total. The van der Waals surface area contributed by atoms with Gasteiger partial charge in [0.05, 0.1) is 0 Å². The number of hydrogen-bond donors (Lipinski definition) is 1. The first-order valence-electron chi connectivity index (χ1n) is 8.62. The molecule has 1 N–H and O–H groups in total. The van der Waals surface area contributed by atoms with Crippen LogP contribution in [0.15, 0.2) is 48.6 Å². The molecule has 0 heterocycles. The molecule has 3 rings (SSSR count). The number of amides is 1. The highest BCUT2D eigenvalue weighted by Crippen LogP contribution is 2.52. The summed E-state index contributed by atoms with van der Waals surface area (Å²) in [6, 6.07) is 8.03. The normalized spacial score (nSPS) is 27.4. The van der Waals surface area contributed by atoms with Gasteiger partial charge in [-0.1, -0.05) is 24.3 Å². The number of carbonyl (C=O) groups is 1. The molecule has 1 amide bonds. The van der Waals surface area contributed by atoms with E-state index in [4.69, 9.17) is 0 Å². The zero-order valence-corrected chi connectivity index (χ0v) is 15.5. The van der Waals surface area contributed by atoms with Crippen LogP contribution < -0.4 is 5.32 Å². The number of allylic oxidation sites excluding steroid dienone is 4. The van der Waals surface area contributed by atoms with E-state index in [-0.39, 0.29) is 11.8 Å². The van der Waals surface area contributed by atoms with Gasteiger partial charge in [0.1, 0.15) is 0 Å². The predicted octanol–water partition coefficient (Wildman–Crippen LogP) is 5.56. The van der Waals surface area contributed by atoms with E-state index in [1.165, 1.54) is 3.57 Å². The van der Waals surface area contributed by atoms with Gasteiger partial charge in [-0.05, 0) is 97.2 Å². The van der Waals surface area contributed by atoms with Crippen LogP contribution in [0.2, 0.25) is 0 Å². The van der Waals surface area contributed by atoms with E-state index in [1.807, 2.05) is 24.3 Å². The van der Waals surface area contributed by atoms with Crippen molar-refractivity contribution in [1.82, 2.24) is 0 Å². The molecule has 0 saturated heterocycles. The third-order valence-corrected chi connectivity index (χ3v) is 5.63. The highest BCUT2D eigenvalue weighted by Gasteiger charge is 2.52. The van der Waals surface area contributed by atoms with Crippen molar-refractivity contribution in [2.75, 3.05) is 5.32 Å². The second-order valence-electron chi connectivity index (χ2n) is 6.52. The SMILES string of the molecule is O=C(Nc1ccc(I)cc1)C1[C@@H]2CCC=CCCC=CCC[C@@H]12. The maximum Gasteiger partial charge on any atom is 0.228 e. The fourth-order valence-electron chi connectivity index (χ4n) is 3.62. The third kappa shape index (κ3) is 4.69. The summed E-state index contributed by atoms with van der Waals surface area (Å²) in [5.41, 5.74) is 0.914. The van der Waals surface area contributed by atoms with Crippen molar-refractivity contribution < 1.29 is 4.79 Å². The van der Waals surface area contributed by atoms with Crippen molar-refractivity contribution >= 4 is 34.2 Å². The van der Waals surface area contributed by atoms with Gasteiger partial charge >= 0.3 is 0 Å². The molecular weight excluding hydrogens is 397 g/mol. The van der Waals surface area contributed by atoms with Crippen molar-refractivity contribution in [3.05, 3.63) is 52.1 Å². The van der Waals surface area contributed by atoms with Crippen molar-refractivity contribution in [1.29, 1.82) is 0 Å². The molecular formula is C20H24INO. The van der Waals surface area contributed by atoms with Gasteiger partial charge in [-0.2, -0.15) is 0 Å². The standard InChI is InChI=1S/C20H24INO/c21-15-11-13-16(14-12-15)22-20(23)19-17-9-7-5-3-1-2-4-6-8-10-18(17)19/h3-6,11-14,17-19H,1-2,7-10H2,(H,22,23)/t17-,18-,19?/m1/s1. The van der Waals surface area contributed by atoms with Crippen LogP contribution in [-0.2, 0) is 4.79 Å². The summed E-state index contributed by atoms with van der Waals surface area (Å²) in [6.45, 7) is 0. The zero-order valence-electron chi connectivity index (χ0n) is 13.4. The Morgan fingerprint density at radius 1 is 0.870 bits per heavy atom. The average molecular weight is 421 g/mol. The van der Waals surface area contributed by atoms with E-state index in [1.54, 1.807) is 0 Å². The fraction of sp³-hybridized carbons (Fsp3) is 0.450. The van der Waals surface area contributed by atoms with Crippen LogP contribution in [0.1, 0.15) is 38.5 Å². The van der Waals surface area contributed by atoms with Gasteiger partial charge in [-0.25, -0.2) is 0 Å². The maximum atomic E-state index is 12.6. The molecule has 3 heteroatoms. The fourth-order valence-corrected chi connectivity index (χ4v) is 3.98. The molecule has 1 saturated carbocycles. The Kier molecular flexibility index (Phi) is 5.92. The van der Waals surface area contributed by atoms with Gasteiger partial charge in [0, 0.05) is 15.2 Å². The Labute approximate surface area is 152 Å². The molecule has 1 aromatic rings. The van der Waals surface area contributed by atoms with Gasteiger partial charge in [0.25, 0.3) is 0 Å². The Hall–Kier alpha value is -1.10. The minimum Gasteiger partial charge on any atom is -0.326 e. The second-order valence-corrected chi connectivity index (χ2v) is 7.77. The zero-order chi connectivity index (χ0) is 16.1. The van der Waals surface area contributed by atoms with E-state index in [2.05, 4.69) is 52.2 Å². The molecule has 1 fully saturated rings. The number of anilines is 1. The molecule has 0 aromatic heterocycles. The highest BCUT2D eigenvalue weighted by atomic mass is 127. The average Bonchev–Trinajstić information content (AvgIpc) is 3.22. The molecule has 2 aliphatic carbocycles. The lowest BCUT2D eigenvalue weighted by molar-refractivity contribution is -0.117. The van der Waals surface area contributed by atoms with Gasteiger partial charge in [0.15, 0.2) is 0 Å². The number of benzene rings is 1. The first kappa shape index (κ1) is 16.7. The Morgan fingerprint density at radius 3 is 1.96 bits per heavy atom. The number of halogens is 1. The van der Waals surface area contributed by atoms with E-state index in [0.29, 0.717) is 11.8 Å². The summed E-state index contributed by atoms with van der Waals surface area (Å²) in [5.74, 6) is 1.55. The second kappa shape index (κ2) is 8.13. The number of rotatable bonds is 2. The number of nitrogens with one attached hydrogen (secondary N) is 1. The van der Waals surface area contributed by atoms with Crippen LogP contribution >= 0.6 is 22.6 Å². The summed E-state index contributed by atoms with van der Waals surface area (Å²) >= 11 is 2.28. The van der Waals surface area contributed by atoms with Crippen molar-refractivity contribution in [2.24, 2.45) is 17.8 Å². The monoisotopic (exact) mass is 421 g/mol. The Bertz CT molecular complexity index is 566. The highest BCUT2D eigenvalue weighted by molar-refractivity contribution is 14.1. The molecule has 0 spiro atoms. The molecule has 1 aromatic carbocycles. The summed E-state index contributed by atoms with van der Waals surface area (Å²) in [6.07, 6.45) is 15.9. The number of fused-ring (bicyclic) bond motifs is 1. The van der Waals surface area contributed by atoms with Gasteiger partial charge in [-0.3, -0.25) is 4.79 Å². The molecule has 0 radical (unpaired) electrons. The van der Waals surface area contributed by atoms with Crippen LogP contribution in [0.3, 0.4) is 0 Å². The van der Waals surface area contributed by atoms with E-state index in [0.717, 1.165) is 44.2 Å². The summed E-state index contributed by atoms with van der Waals surface area (Å²) in [4.78, 5) is 12.6. The van der Waals surface area contributed by atoms with Crippen LogP contribution in [0, 0.1) is 21.3 Å². The van der Waals surface area contributed by atoms with Crippen molar-refractivity contribution in [2.45, 2.75) is 38.5 Å². The Balaban J connectivity index is 1.60. The quantitative estimate of drug-likeness (QED) is 0.492. The molecule has 0 unspecified atom stereocenters. The van der Waals surface area contributed by atoms with E-state index in [9.17, 15) is 4.79 Å². The van der Waals surface area contributed by atoms with Crippen LogP contribution in [0.4, 0.5) is 5.69 Å². The summed E-state index contributed by atoms with van der Waals surface area (Å²) < 4.78 is 1.19. The summed E-state index contributed by atoms with van der Waals surface area (Å²) in [7, 11) is 0. The van der Waals surface area contributed by atoms with Crippen LogP contribution in [0.25, 0.3) is 0 Å². The lowest BCUT2D eigenvalue weighted by Crippen LogP contribution is -2.15. The molecule has 122 valence electrons. The minimum atomic E-state index is 0.205. The predicted molar refractivity (Wildman–Crippen MR) is 104 cm³/mol. The molecule has 23 heavy (non-hydrogen) atoms. The van der Waals surface area contributed by atoms with Crippen molar-refractivity contribution in [3.8, 4) is 0 Å². The van der Waals surface area contributed by atoms with E-state index < -0.39 is 0 Å². The molecule has 2 aliphatic rings. The van der Waals surface area contributed by atoms with Gasteiger partial charge < -0.3 is 5.32 Å². The van der Waals surface area contributed by atoms with Crippen molar-refractivity contribution in [3.63, 3.8) is 0 Å². The van der Waals surface area contributed by atoms with Crippen LogP contribution in [-0.4, -0.2) is 5.91 Å². The lowest BCUT2D eigenvalue weighted by Gasteiger charge is -2.05. The first-order chi connectivity index (χ1) is 11.3. The minimum absolute atomic E-state index is 0.205. The van der Waals surface area contributed by atoms with Gasteiger partial charge in [-0.15, -0.1) is 0 Å². The third-order valence-electron chi connectivity index (χ3n) is 4.91. The maximum absolute atomic E-state index is 12.6. The number of carbonyl (C=O) groups excluding carboxylic acids is 1. The Morgan fingerprint density at radius 2 is 1.39 bits per heavy atom. The smallest absolute Gasteiger partial charge is 0.228 e. The molecule has 2 atom stereocenters. The van der Waals surface area contributed by atoms with Gasteiger partial charge in [0.2, 0.25) is 5.91 Å². The largest absolute Gasteiger partial charge is 0.326 e. The van der Waals surface area contributed by atoms with Crippen LogP contribution in [0.5, 0.6) is 0 Å². The number of hydrogen-bond acceptors (Lipinski definition) is 1. The topological polar surface area (TPSA) is 29.1 Å². The molecule has 0 aliphatic heterocycles.